The number of rotatable bonds is 5. The van der Waals surface area contributed by atoms with Gasteiger partial charge in [-0.2, -0.15) is 0 Å². The van der Waals surface area contributed by atoms with Crippen molar-refractivity contribution in [3.05, 3.63) is 28.2 Å². The van der Waals surface area contributed by atoms with Gasteiger partial charge in [0.15, 0.2) is 0 Å². The zero-order chi connectivity index (χ0) is 12.1. The van der Waals surface area contributed by atoms with E-state index in [9.17, 15) is 0 Å². The van der Waals surface area contributed by atoms with Crippen LogP contribution in [-0.4, -0.2) is 32.1 Å². The third-order valence-corrected chi connectivity index (χ3v) is 2.75. The van der Waals surface area contributed by atoms with Crippen LogP contribution in [0.15, 0.2) is 22.7 Å². The van der Waals surface area contributed by atoms with Crippen LogP contribution in [-0.2, 0) is 0 Å². The molecule has 0 aliphatic heterocycles. The highest BCUT2D eigenvalue weighted by Crippen LogP contribution is 2.27. The first-order valence-electron chi connectivity index (χ1n) is 5.33. The third kappa shape index (κ3) is 4.12. The van der Waals surface area contributed by atoms with E-state index < -0.39 is 0 Å². The molecule has 1 aromatic rings. The molecule has 1 rings (SSSR count). The van der Waals surface area contributed by atoms with Gasteiger partial charge in [-0.05, 0) is 39.2 Å². The fourth-order valence-electron chi connectivity index (χ4n) is 1.34. The van der Waals surface area contributed by atoms with E-state index >= 15 is 0 Å². The number of nitrogens with two attached hydrogens (primary N) is 1. The van der Waals surface area contributed by atoms with Crippen molar-refractivity contribution in [2.75, 3.05) is 27.2 Å². The van der Waals surface area contributed by atoms with Gasteiger partial charge in [-0.3, -0.25) is 0 Å². The van der Waals surface area contributed by atoms with E-state index in [-0.39, 0.29) is 6.04 Å². The van der Waals surface area contributed by atoms with Crippen molar-refractivity contribution >= 4 is 15.9 Å². The Labute approximate surface area is 106 Å². The molecule has 0 saturated carbocycles. The zero-order valence-electron chi connectivity index (χ0n) is 10.0. The van der Waals surface area contributed by atoms with E-state index in [1.165, 1.54) is 0 Å². The van der Waals surface area contributed by atoms with Crippen LogP contribution in [0.25, 0.3) is 0 Å². The van der Waals surface area contributed by atoms with Gasteiger partial charge in [0, 0.05) is 22.6 Å². The lowest BCUT2D eigenvalue weighted by molar-refractivity contribution is 0.258. The molecule has 1 unspecified atom stereocenters. The summed E-state index contributed by atoms with van der Waals surface area (Å²) in [6.45, 7) is 3.53. The molecular formula is C12H19BrN2O. The van der Waals surface area contributed by atoms with Gasteiger partial charge in [-0.15, -0.1) is 0 Å². The molecule has 0 saturated heterocycles. The largest absolute Gasteiger partial charge is 0.492 e. The Hall–Kier alpha value is -0.580. The number of ether oxygens (including phenoxy) is 1. The Balaban J connectivity index is 2.71. The highest BCUT2D eigenvalue weighted by Gasteiger charge is 2.08. The van der Waals surface area contributed by atoms with Crippen LogP contribution in [0.4, 0.5) is 0 Å². The molecule has 0 heterocycles. The van der Waals surface area contributed by atoms with Gasteiger partial charge >= 0.3 is 0 Å². The number of nitrogens with zero attached hydrogens (tertiary/aromatic N) is 1. The van der Waals surface area contributed by atoms with Crippen molar-refractivity contribution in [1.29, 1.82) is 0 Å². The van der Waals surface area contributed by atoms with Crippen LogP contribution >= 0.6 is 15.9 Å². The number of benzene rings is 1. The van der Waals surface area contributed by atoms with Gasteiger partial charge in [0.1, 0.15) is 12.4 Å². The lowest BCUT2D eigenvalue weighted by Gasteiger charge is -2.16. The Bertz CT molecular complexity index is 340. The van der Waals surface area contributed by atoms with Crippen LogP contribution in [0.2, 0.25) is 0 Å². The fraction of sp³-hybridized carbons (Fsp3) is 0.500. The summed E-state index contributed by atoms with van der Waals surface area (Å²) in [6.07, 6.45) is 0. The molecule has 0 bridgehead atoms. The van der Waals surface area contributed by atoms with Crippen LogP contribution in [0.5, 0.6) is 5.75 Å². The van der Waals surface area contributed by atoms with E-state index in [4.69, 9.17) is 10.5 Å². The number of halogens is 1. The Kier molecular flexibility index (Phi) is 5.25. The molecule has 4 heteroatoms. The second-order valence-electron chi connectivity index (χ2n) is 4.12. The summed E-state index contributed by atoms with van der Waals surface area (Å²) >= 11 is 3.44. The summed E-state index contributed by atoms with van der Waals surface area (Å²) in [5.41, 5.74) is 6.94. The molecule has 1 aromatic carbocycles. The summed E-state index contributed by atoms with van der Waals surface area (Å²) in [5, 5.41) is 0. The first-order valence-corrected chi connectivity index (χ1v) is 6.12. The maximum Gasteiger partial charge on any atom is 0.124 e. The summed E-state index contributed by atoms with van der Waals surface area (Å²) in [7, 11) is 4.05. The minimum atomic E-state index is -0.0214. The average Bonchev–Trinajstić information content (AvgIpc) is 2.19. The molecule has 3 nitrogen and oxygen atoms in total. The Morgan fingerprint density at radius 1 is 1.44 bits per heavy atom. The SMILES string of the molecule is CC(N)c1cc(Br)ccc1OCCN(C)C. The average molecular weight is 287 g/mol. The zero-order valence-corrected chi connectivity index (χ0v) is 11.6. The second-order valence-corrected chi connectivity index (χ2v) is 5.04. The van der Waals surface area contributed by atoms with Crippen LogP contribution in [0.1, 0.15) is 18.5 Å². The smallest absolute Gasteiger partial charge is 0.124 e. The summed E-state index contributed by atoms with van der Waals surface area (Å²) in [4.78, 5) is 2.09. The topological polar surface area (TPSA) is 38.5 Å². The van der Waals surface area contributed by atoms with Crippen LogP contribution < -0.4 is 10.5 Å². The Morgan fingerprint density at radius 3 is 2.69 bits per heavy atom. The van der Waals surface area contributed by atoms with Gasteiger partial charge in [0.2, 0.25) is 0 Å². The summed E-state index contributed by atoms with van der Waals surface area (Å²) < 4.78 is 6.75. The van der Waals surface area contributed by atoms with E-state index in [1.54, 1.807) is 0 Å². The fourth-order valence-corrected chi connectivity index (χ4v) is 1.72. The van der Waals surface area contributed by atoms with E-state index in [1.807, 2.05) is 39.2 Å². The summed E-state index contributed by atoms with van der Waals surface area (Å²) in [5.74, 6) is 0.875. The molecule has 0 aliphatic rings. The lowest BCUT2D eigenvalue weighted by atomic mass is 10.1. The molecule has 16 heavy (non-hydrogen) atoms. The van der Waals surface area contributed by atoms with Gasteiger partial charge in [-0.1, -0.05) is 15.9 Å². The van der Waals surface area contributed by atoms with E-state index in [2.05, 4.69) is 20.8 Å². The summed E-state index contributed by atoms with van der Waals surface area (Å²) in [6, 6.07) is 5.91. The molecular weight excluding hydrogens is 268 g/mol. The van der Waals surface area contributed by atoms with E-state index in [0.717, 1.165) is 22.3 Å². The molecule has 2 N–H and O–H groups in total. The molecule has 0 aromatic heterocycles. The van der Waals surface area contributed by atoms with Crippen molar-refractivity contribution < 1.29 is 4.74 Å². The first-order chi connectivity index (χ1) is 7.50. The van der Waals surface area contributed by atoms with Gasteiger partial charge in [0.05, 0.1) is 0 Å². The first kappa shape index (κ1) is 13.5. The second kappa shape index (κ2) is 6.23. The van der Waals surface area contributed by atoms with Crippen molar-refractivity contribution in [2.45, 2.75) is 13.0 Å². The lowest BCUT2D eigenvalue weighted by Crippen LogP contribution is -2.20. The number of hydrogen-bond donors (Lipinski definition) is 1. The molecule has 0 amide bonds. The van der Waals surface area contributed by atoms with Crippen LogP contribution in [0.3, 0.4) is 0 Å². The van der Waals surface area contributed by atoms with Crippen molar-refractivity contribution in [1.82, 2.24) is 4.90 Å². The molecule has 0 radical (unpaired) electrons. The van der Waals surface area contributed by atoms with Crippen molar-refractivity contribution in [3.8, 4) is 5.75 Å². The molecule has 1 atom stereocenters. The van der Waals surface area contributed by atoms with Crippen molar-refractivity contribution in [2.24, 2.45) is 5.73 Å². The highest BCUT2D eigenvalue weighted by atomic mass is 79.9. The Morgan fingerprint density at radius 2 is 2.12 bits per heavy atom. The minimum absolute atomic E-state index is 0.0214. The maximum atomic E-state index is 5.90. The molecule has 0 aliphatic carbocycles. The molecule has 90 valence electrons. The quantitative estimate of drug-likeness (QED) is 0.904. The predicted octanol–water partition coefficient (Wildman–Crippen LogP) is 2.41. The minimum Gasteiger partial charge on any atom is -0.492 e. The van der Waals surface area contributed by atoms with Gasteiger partial charge < -0.3 is 15.4 Å². The van der Waals surface area contributed by atoms with Crippen molar-refractivity contribution in [3.63, 3.8) is 0 Å². The highest BCUT2D eigenvalue weighted by molar-refractivity contribution is 9.10. The number of hydrogen-bond acceptors (Lipinski definition) is 3. The van der Waals surface area contributed by atoms with Crippen LogP contribution in [0, 0.1) is 0 Å². The van der Waals surface area contributed by atoms with Gasteiger partial charge in [-0.25, -0.2) is 0 Å². The standard InChI is InChI=1S/C12H19BrN2O/c1-9(14)11-8-10(13)4-5-12(11)16-7-6-15(2)3/h4-5,8-9H,6-7,14H2,1-3H3. The normalized spacial score (nSPS) is 12.9. The molecule has 0 spiro atoms. The maximum absolute atomic E-state index is 5.90. The predicted molar refractivity (Wildman–Crippen MR) is 70.8 cm³/mol. The molecule has 0 fully saturated rings. The van der Waals surface area contributed by atoms with E-state index in [0.29, 0.717) is 6.61 Å². The monoisotopic (exact) mass is 286 g/mol. The van der Waals surface area contributed by atoms with Gasteiger partial charge in [0.25, 0.3) is 0 Å². The number of likely N-dealkylation sites (N-methyl/N-ethyl adjacent to an activating group) is 1. The third-order valence-electron chi connectivity index (χ3n) is 2.26.